The van der Waals surface area contributed by atoms with Crippen LogP contribution in [0, 0.1) is 0 Å². The summed E-state index contributed by atoms with van der Waals surface area (Å²) in [6, 6.07) is 1.99. The number of aliphatic carboxylic acids is 1. The lowest BCUT2D eigenvalue weighted by atomic mass is 10.0. The van der Waals surface area contributed by atoms with Crippen molar-refractivity contribution in [3.63, 3.8) is 0 Å². The van der Waals surface area contributed by atoms with E-state index >= 15 is 0 Å². The second kappa shape index (κ2) is 14.4. The van der Waals surface area contributed by atoms with Crippen molar-refractivity contribution in [2.45, 2.75) is 62.7 Å². The van der Waals surface area contributed by atoms with Gasteiger partial charge in [0, 0.05) is 13.0 Å². The van der Waals surface area contributed by atoms with Crippen LogP contribution in [-0.2, 0) is 30.4 Å². The minimum atomic E-state index is -1.19. The second-order valence-corrected chi connectivity index (χ2v) is 9.90. The summed E-state index contributed by atoms with van der Waals surface area (Å²) in [7, 11) is 0. The van der Waals surface area contributed by atoms with Crippen molar-refractivity contribution in [2.24, 2.45) is 11.5 Å². The van der Waals surface area contributed by atoms with Crippen LogP contribution < -0.4 is 22.1 Å². The van der Waals surface area contributed by atoms with Gasteiger partial charge in [-0.2, -0.15) is 11.8 Å². The van der Waals surface area contributed by atoms with Gasteiger partial charge in [0.1, 0.15) is 23.9 Å². The van der Waals surface area contributed by atoms with E-state index in [4.69, 9.17) is 11.5 Å². The van der Waals surface area contributed by atoms with Gasteiger partial charge in [-0.25, -0.2) is 4.79 Å². The van der Waals surface area contributed by atoms with E-state index in [0.717, 1.165) is 0 Å². The van der Waals surface area contributed by atoms with Crippen molar-refractivity contribution in [3.8, 4) is 5.75 Å². The van der Waals surface area contributed by atoms with Crippen molar-refractivity contribution in [3.05, 3.63) is 29.8 Å². The molecule has 1 aromatic carbocycles. The Kier molecular flexibility index (Phi) is 11.7. The number of nitrogens with zero attached hydrogens (tertiary/aromatic N) is 1. The van der Waals surface area contributed by atoms with Crippen LogP contribution in [0.2, 0.25) is 0 Å². The Morgan fingerprint density at radius 1 is 1.08 bits per heavy atom. The number of amides is 4. The molecule has 2 rings (SSSR count). The Morgan fingerprint density at radius 3 is 2.32 bits per heavy atom. The first-order valence-corrected chi connectivity index (χ1v) is 13.4. The van der Waals surface area contributed by atoms with E-state index in [1.165, 1.54) is 28.8 Å². The fourth-order valence-electron chi connectivity index (χ4n) is 4.07. The summed E-state index contributed by atoms with van der Waals surface area (Å²) in [4.78, 5) is 63.3. The highest BCUT2D eigenvalue weighted by Gasteiger charge is 2.38. The minimum Gasteiger partial charge on any atom is -0.508 e. The Hall–Kier alpha value is -3.32. The number of nitrogens with one attached hydrogen (secondary N) is 2. The zero-order valence-corrected chi connectivity index (χ0v) is 21.5. The standard InChI is InChI=1S/C24H35N5O7S/c1-37-12-10-18(23(34)29-11-2-3-19(29)24(35)36)28-22(33)17(8-9-20(26)31)27-21(32)16(25)13-14-4-6-15(30)7-5-14/h4-7,16-19,30H,2-3,8-13,25H2,1H3,(H2,26,31)(H,27,32)(H,28,33)(H,35,36). The van der Waals surface area contributed by atoms with E-state index in [1.54, 1.807) is 12.1 Å². The number of rotatable bonds is 14. The number of primary amides is 1. The highest BCUT2D eigenvalue weighted by Crippen LogP contribution is 2.20. The summed E-state index contributed by atoms with van der Waals surface area (Å²) in [5.74, 6) is -3.02. The van der Waals surface area contributed by atoms with Crippen LogP contribution in [0.4, 0.5) is 0 Å². The summed E-state index contributed by atoms with van der Waals surface area (Å²) in [5, 5.41) is 24.0. The van der Waals surface area contributed by atoms with E-state index in [9.17, 15) is 34.2 Å². The number of likely N-dealkylation sites (tertiary alicyclic amines) is 1. The van der Waals surface area contributed by atoms with Gasteiger partial charge in [-0.3, -0.25) is 19.2 Å². The molecule has 8 N–H and O–H groups in total. The fourth-order valence-corrected chi connectivity index (χ4v) is 4.54. The lowest BCUT2D eigenvalue weighted by Crippen LogP contribution is -2.57. The van der Waals surface area contributed by atoms with Gasteiger partial charge >= 0.3 is 5.97 Å². The molecule has 1 aromatic rings. The molecule has 0 radical (unpaired) electrons. The van der Waals surface area contributed by atoms with Gasteiger partial charge in [0.25, 0.3) is 0 Å². The number of nitrogens with two attached hydrogens (primary N) is 2. The number of hydrogen-bond donors (Lipinski definition) is 6. The molecule has 0 aromatic heterocycles. The first-order chi connectivity index (χ1) is 17.5. The molecule has 1 aliphatic rings. The molecule has 37 heavy (non-hydrogen) atoms. The number of aromatic hydroxyl groups is 1. The number of carboxylic acid groups (broad SMARTS) is 1. The Bertz CT molecular complexity index is 975. The molecule has 4 amide bonds. The lowest BCUT2D eigenvalue weighted by molar-refractivity contribution is -0.149. The van der Waals surface area contributed by atoms with Crippen molar-refractivity contribution in [2.75, 3.05) is 18.6 Å². The number of benzene rings is 1. The van der Waals surface area contributed by atoms with Crippen LogP contribution in [0.15, 0.2) is 24.3 Å². The van der Waals surface area contributed by atoms with Crippen molar-refractivity contribution < 1.29 is 34.2 Å². The number of carbonyl (C=O) groups excluding carboxylic acids is 4. The summed E-state index contributed by atoms with van der Waals surface area (Å²) in [5.41, 5.74) is 12.0. The minimum absolute atomic E-state index is 0.0686. The maximum Gasteiger partial charge on any atom is 0.326 e. The highest BCUT2D eigenvalue weighted by molar-refractivity contribution is 7.98. The molecule has 1 saturated heterocycles. The van der Waals surface area contributed by atoms with Crippen LogP contribution >= 0.6 is 11.8 Å². The van der Waals surface area contributed by atoms with Crippen LogP contribution in [0.25, 0.3) is 0 Å². The van der Waals surface area contributed by atoms with Crippen molar-refractivity contribution in [1.29, 1.82) is 0 Å². The zero-order valence-electron chi connectivity index (χ0n) is 20.7. The molecule has 1 aliphatic heterocycles. The topological polar surface area (TPSA) is 205 Å². The van der Waals surface area contributed by atoms with E-state index in [-0.39, 0.29) is 38.0 Å². The smallest absolute Gasteiger partial charge is 0.326 e. The number of thioether (sulfide) groups is 1. The summed E-state index contributed by atoms with van der Waals surface area (Å²) >= 11 is 1.46. The van der Waals surface area contributed by atoms with Crippen molar-refractivity contribution >= 4 is 41.4 Å². The van der Waals surface area contributed by atoms with Gasteiger partial charge in [0.15, 0.2) is 0 Å². The monoisotopic (exact) mass is 537 g/mol. The SMILES string of the molecule is CSCCC(NC(=O)C(CCC(N)=O)NC(=O)C(N)Cc1ccc(O)cc1)C(=O)N1CCCC1C(=O)O. The number of phenols is 1. The largest absolute Gasteiger partial charge is 0.508 e. The van der Waals surface area contributed by atoms with E-state index < -0.39 is 53.8 Å². The molecule has 0 spiro atoms. The molecular weight excluding hydrogens is 502 g/mol. The number of carbonyl (C=O) groups is 5. The highest BCUT2D eigenvalue weighted by atomic mass is 32.2. The third-order valence-corrected chi connectivity index (χ3v) is 6.73. The van der Waals surface area contributed by atoms with Gasteiger partial charge in [0.05, 0.1) is 6.04 Å². The van der Waals surface area contributed by atoms with Crippen LogP contribution in [-0.4, -0.2) is 87.4 Å². The number of phenolic OH excluding ortho intramolecular Hbond substituents is 1. The van der Waals surface area contributed by atoms with Gasteiger partial charge in [0.2, 0.25) is 23.6 Å². The zero-order chi connectivity index (χ0) is 27.5. The summed E-state index contributed by atoms with van der Waals surface area (Å²) in [6.45, 7) is 0.273. The van der Waals surface area contributed by atoms with E-state index in [0.29, 0.717) is 24.2 Å². The van der Waals surface area contributed by atoms with Crippen LogP contribution in [0.3, 0.4) is 0 Å². The predicted molar refractivity (Wildman–Crippen MR) is 137 cm³/mol. The maximum atomic E-state index is 13.2. The quantitative estimate of drug-likeness (QED) is 0.178. The first kappa shape index (κ1) is 29.9. The molecule has 0 aliphatic carbocycles. The first-order valence-electron chi connectivity index (χ1n) is 12.0. The second-order valence-electron chi connectivity index (χ2n) is 8.91. The van der Waals surface area contributed by atoms with Crippen molar-refractivity contribution in [1.82, 2.24) is 15.5 Å². The molecule has 12 nitrogen and oxygen atoms in total. The lowest BCUT2D eigenvalue weighted by Gasteiger charge is -2.29. The van der Waals surface area contributed by atoms with E-state index in [1.807, 2.05) is 6.26 Å². The molecule has 13 heteroatoms. The normalized spacial score (nSPS) is 17.5. The third-order valence-electron chi connectivity index (χ3n) is 6.09. The molecule has 4 atom stereocenters. The van der Waals surface area contributed by atoms with Gasteiger partial charge in [-0.15, -0.1) is 0 Å². The summed E-state index contributed by atoms with van der Waals surface area (Å²) in [6.07, 6.45) is 2.81. The number of carboxylic acids is 1. The molecular formula is C24H35N5O7S. The number of hydrogen-bond acceptors (Lipinski definition) is 8. The van der Waals surface area contributed by atoms with Crippen LogP contribution in [0.5, 0.6) is 5.75 Å². The van der Waals surface area contributed by atoms with Gasteiger partial charge in [-0.05, 0) is 61.8 Å². The molecule has 4 unspecified atom stereocenters. The molecule has 1 fully saturated rings. The predicted octanol–water partition coefficient (Wildman–Crippen LogP) is -0.674. The Labute approximate surface area is 219 Å². The molecule has 0 bridgehead atoms. The molecule has 1 heterocycles. The Balaban J connectivity index is 2.13. The van der Waals surface area contributed by atoms with Gasteiger partial charge < -0.3 is 37.2 Å². The average molecular weight is 538 g/mol. The third kappa shape index (κ3) is 9.25. The maximum absolute atomic E-state index is 13.2. The van der Waals surface area contributed by atoms with Gasteiger partial charge in [-0.1, -0.05) is 12.1 Å². The van der Waals surface area contributed by atoms with Crippen LogP contribution in [0.1, 0.15) is 37.7 Å². The molecule has 0 saturated carbocycles. The average Bonchev–Trinajstić information content (AvgIpc) is 3.35. The summed E-state index contributed by atoms with van der Waals surface area (Å²) < 4.78 is 0. The molecule has 204 valence electrons. The van der Waals surface area contributed by atoms with E-state index in [2.05, 4.69) is 10.6 Å². The fraction of sp³-hybridized carbons (Fsp3) is 0.542. The Morgan fingerprint density at radius 2 is 1.73 bits per heavy atom.